The van der Waals surface area contributed by atoms with Crippen molar-refractivity contribution in [1.82, 2.24) is 0 Å². The standard InChI is InChI=1S/C5H5.C4H9.Dy/c1-2-4-5-3-1;1-4(2)3;/h1-5H;1-3H3;/q2*-1;. The van der Waals surface area contributed by atoms with E-state index in [9.17, 15) is 0 Å². The molecule has 0 aliphatic rings. The minimum absolute atomic E-state index is 0. The molecule has 0 nitrogen and oxygen atoms in total. The van der Waals surface area contributed by atoms with Gasteiger partial charge in [0.1, 0.15) is 0 Å². The van der Waals surface area contributed by atoms with Gasteiger partial charge in [0.05, 0.1) is 0 Å². The molecule has 0 saturated carbocycles. The number of hydrogen-bond donors (Lipinski definition) is 0. The van der Waals surface area contributed by atoms with E-state index in [2.05, 4.69) is 20.8 Å². The van der Waals surface area contributed by atoms with E-state index in [1.165, 1.54) is 5.92 Å². The molecule has 0 atom stereocenters. The third kappa shape index (κ3) is 15.8. The fourth-order valence-corrected chi connectivity index (χ4v) is 0.321. The Morgan fingerprint density at radius 3 is 1.40 bits per heavy atom. The molecule has 0 aromatic heterocycles. The second-order valence-corrected chi connectivity index (χ2v) is 2.46. The monoisotopic (exact) mass is 286 g/mol. The van der Waals surface area contributed by atoms with E-state index in [1.807, 2.05) is 30.3 Å². The van der Waals surface area contributed by atoms with Crippen LogP contribution in [-0.4, -0.2) is 0 Å². The summed E-state index contributed by atoms with van der Waals surface area (Å²) in [6.45, 7) is 6.25. The van der Waals surface area contributed by atoms with Crippen molar-refractivity contribution in [2.24, 2.45) is 0 Å². The molecule has 0 fully saturated rings. The molecule has 1 heteroatoms. The molecule has 0 amide bonds. The molecule has 1 aromatic rings. The zero-order valence-corrected chi connectivity index (χ0v) is 8.73. The Morgan fingerprint density at radius 2 is 1.30 bits per heavy atom. The van der Waals surface area contributed by atoms with Gasteiger partial charge in [0.15, 0.2) is 0 Å². The van der Waals surface area contributed by atoms with Gasteiger partial charge >= 0.3 is 0 Å². The first-order valence-electron chi connectivity index (χ1n) is 3.17. The van der Waals surface area contributed by atoms with Crippen LogP contribution in [0.5, 0.6) is 0 Å². The molecule has 0 heterocycles. The summed E-state index contributed by atoms with van der Waals surface area (Å²) in [6.07, 6.45) is 0. The predicted octanol–water partition coefficient (Wildman–Crippen LogP) is 3.03. The fraction of sp³-hybridized carbons (Fsp3) is 0.333. The molecule has 0 aliphatic heterocycles. The summed E-state index contributed by atoms with van der Waals surface area (Å²) in [4.78, 5) is 0. The summed E-state index contributed by atoms with van der Waals surface area (Å²) >= 11 is 0. The average molecular weight is 285 g/mol. The van der Waals surface area contributed by atoms with Crippen molar-refractivity contribution in [3.8, 4) is 0 Å². The largest absolute Gasteiger partial charge is 0.323 e. The quantitative estimate of drug-likeness (QED) is 0.643. The van der Waals surface area contributed by atoms with Crippen molar-refractivity contribution in [2.45, 2.75) is 20.8 Å². The van der Waals surface area contributed by atoms with Crippen LogP contribution in [0.15, 0.2) is 30.3 Å². The van der Waals surface area contributed by atoms with Crippen LogP contribution in [-0.2, 0) is 0 Å². The maximum Gasteiger partial charge on any atom is 0 e. The molecule has 10 heavy (non-hydrogen) atoms. The maximum absolute atomic E-state index is 2.08. The molecule has 0 radical (unpaired) electrons. The fourth-order valence-electron chi connectivity index (χ4n) is 0.321. The molecule has 0 unspecified atom stereocenters. The second-order valence-electron chi connectivity index (χ2n) is 2.46. The van der Waals surface area contributed by atoms with E-state index >= 15 is 0 Å². The van der Waals surface area contributed by atoms with Crippen LogP contribution in [0.25, 0.3) is 0 Å². The van der Waals surface area contributed by atoms with Crippen LogP contribution >= 0.6 is 0 Å². The Kier molecular flexibility index (Phi) is 12.7. The molecule has 1 rings (SSSR count). The van der Waals surface area contributed by atoms with Crippen molar-refractivity contribution in [2.75, 3.05) is 0 Å². The second kappa shape index (κ2) is 9.62. The van der Waals surface area contributed by atoms with Gasteiger partial charge in [0.2, 0.25) is 0 Å². The summed E-state index contributed by atoms with van der Waals surface area (Å²) in [5.41, 5.74) is 0. The first-order chi connectivity index (χ1) is 4.23. The smallest absolute Gasteiger partial charge is 0 e. The molecule has 62 valence electrons. The maximum atomic E-state index is 2.08. The van der Waals surface area contributed by atoms with Gasteiger partial charge in [0, 0.05) is 38.2 Å². The van der Waals surface area contributed by atoms with Gasteiger partial charge in [-0.15, -0.1) is 0 Å². The van der Waals surface area contributed by atoms with E-state index < -0.39 is 0 Å². The third-order valence-corrected chi connectivity index (χ3v) is 0.556. The summed E-state index contributed by atoms with van der Waals surface area (Å²) in [7, 11) is 0. The first-order valence-corrected chi connectivity index (χ1v) is 3.17. The zero-order chi connectivity index (χ0) is 7.11. The van der Waals surface area contributed by atoms with Crippen molar-refractivity contribution < 1.29 is 38.2 Å². The Hall–Kier alpha value is 0.623. The first kappa shape index (κ1) is 13.2. The number of rotatable bonds is 0. The van der Waals surface area contributed by atoms with E-state index in [0.717, 1.165) is 0 Å². The normalized spacial score (nSPS) is 7.60. The minimum Gasteiger partial charge on any atom is -0.323 e. The number of hydrogen-bond acceptors (Lipinski definition) is 0. The van der Waals surface area contributed by atoms with Gasteiger partial charge in [-0.3, -0.25) is 0 Å². The molecule has 0 aliphatic carbocycles. The minimum atomic E-state index is 0. The van der Waals surface area contributed by atoms with E-state index in [4.69, 9.17) is 0 Å². The predicted molar refractivity (Wildman–Crippen MR) is 42.3 cm³/mol. The Morgan fingerprint density at radius 1 is 1.00 bits per heavy atom. The van der Waals surface area contributed by atoms with Gasteiger partial charge in [-0.2, -0.15) is 39.0 Å². The van der Waals surface area contributed by atoms with Gasteiger partial charge < -0.3 is 5.92 Å². The summed E-state index contributed by atoms with van der Waals surface area (Å²) in [5, 5.41) is 0. The van der Waals surface area contributed by atoms with Crippen LogP contribution < -0.4 is 0 Å². The van der Waals surface area contributed by atoms with E-state index in [0.29, 0.717) is 0 Å². The topological polar surface area (TPSA) is 0 Å². The Balaban J connectivity index is 0. The van der Waals surface area contributed by atoms with Crippen molar-refractivity contribution in [1.29, 1.82) is 0 Å². The third-order valence-electron chi connectivity index (χ3n) is 0.556. The molecule has 0 spiro atoms. The van der Waals surface area contributed by atoms with Crippen LogP contribution in [0, 0.1) is 44.1 Å². The van der Waals surface area contributed by atoms with Gasteiger partial charge in [0.25, 0.3) is 0 Å². The molecular weight excluding hydrogens is 271 g/mol. The summed E-state index contributed by atoms with van der Waals surface area (Å²) in [5.74, 6) is 1.42. The van der Waals surface area contributed by atoms with E-state index in [1.54, 1.807) is 0 Å². The molecular formula is C9H14Dy-2. The van der Waals surface area contributed by atoms with Crippen molar-refractivity contribution in [3.05, 3.63) is 36.2 Å². The molecule has 0 saturated heterocycles. The van der Waals surface area contributed by atoms with E-state index in [-0.39, 0.29) is 38.2 Å². The van der Waals surface area contributed by atoms with Crippen molar-refractivity contribution in [3.63, 3.8) is 0 Å². The van der Waals surface area contributed by atoms with Gasteiger partial charge in [-0.05, 0) is 0 Å². The molecule has 0 bridgehead atoms. The zero-order valence-electron chi connectivity index (χ0n) is 6.70. The summed E-state index contributed by atoms with van der Waals surface area (Å²) < 4.78 is 0. The van der Waals surface area contributed by atoms with Crippen LogP contribution in [0.2, 0.25) is 0 Å². The van der Waals surface area contributed by atoms with Gasteiger partial charge in [-0.25, -0.2) is 12.1 Å². The Bertz CT molecular complexity index is 88.3. The van der Waals surface area contributed by atoms with Crippen LogP contribution in [0.4, 0.5) is 0 Å². The van der Waals surface area contributed by atoms with Crippen LogP contribution in [0.3, 0.4) is 0 Å². The molecule has 1 aromatic carbocycles. The van der Waals surface area contributed by atoms with Crippen LogP contribution in [0.1, 0.15) is 20.8 Å². The Labute approximate surface area is 94.4 Å². The average Bonchev–Trinajstić information content (AvgIpc) is 2.11. The SMILES string of the molecule is C[C-](C)C.[Dy].c1cc[cH-]c1. The summed E-state index contributed by atoms with van der Waals surface area (Å²) in [6, 6.07) is 10.0. The van der Waals surface area contributed by atoms with Crippen molar-refractivity contribution >= 4 is 0 Å². The molecule has 0 N–H and O–H groups in total. The van der Waals surface area contributed by atoms with Gasteiger partial charge in [-0.1, -0.05) is 0 Å².